The number of benzene rings is 1. The van der Waals surface area contributed by atoms with E-state index < -0.39 is 22.2 Å². The zero-order valence-electron chi connectivity index (χ0n) is 16.6. The highest BCUT2D eigenvalue weighted by molar-refractivity contribution is 7.89. The first kappa shape index (κ1) is 22.4. The van der Waals surface area contributed by atoms with E-state index in [0.717, 1.165) is 0 Å². The minimum absolute atomic E-state index is 0.114. The summed E-state index contributed by atoms with van der Waals surface area (Å²) in [4.78, 5) is 16.3. The van der Waals surface area contributed by atoms with Crippen molar-refractivity contribution in [3.8, 4) is 0 Å². The molecule has 8 nitrogen and oxygen atoms in total. The van der Waals surface area contributed by atoms with Crippen molar-refractivity contribution in [2.45, 2.75) is 48.8 Å². The van der Waals surface area contributed by atoms with Crippen molar-refractivity contribution in [2.24, 2.45) is 0 Å². The van der Waals surface area contributed by atoms with Crippen molar-refractivity contribution < 1.29 is 23.1 Å². The second-order valence-electron chi connectivity index (χ2n) is 7.23. The van der Waals surface area contributed by atoms with E-state index in [9.17, 15) is 18.3 Å². The molecule has 1 aromatic carbocycles. The number of aromatic nitrogens is 1. The van der Waals surface area contributed by atoms with E-state index in [0.29, 0.717) is 31.5 Å². The number of pyridine rings is 1. The molecule has 9 heteroatoms. The maximum Gasteiger partial charge on any atom is 0.240 e. The van der Waals surface area contributed by atoms with Crippen LogP contribution < -0.4 is 10.0 Å². The van der Waals surface area contributed by atoms with Gasteiger partial charge in [0.25, 0.3) is 0 Å². The Morgan fingerprint density at radius 1 is 1.13 bits per heavy atom. The van der Waals surface area contributed by atoms with Crippen LogP contribution in [0.25, 0.3) is 0 Å². The van der Waals surface area contributed by atoms with Gasteiger partial charge in [-0.1, -0.05) is 24.3 Å². The SMILES string of the molecule is O=C(Cc1ccccn1)NCC[C@H]1CC[C@H](NS(=O)(=O)c2ccccc2)[C@@H](CO)O1. The second kappa shape index (κ2) is 10.6. The summed E-state index contributed by atoms with van der Waals surface area (Å²) in [6.07, 6.45) is 2.84. The first-order chi connectivity index (χ1) is 14.5. The zero-order chi connectivity index (χ0) is 21.4. The average molecular weight is 434 g/mol. The van der Waals surface area contributed by atoms with Crippen LogP contribution in [0.3, 0.4) is 0 Å². The summed E-state index contributed by atoms with van der Waals surface area (Å²) in [7, 11) is -3.68. The third-order valence-corrected chi connectivity index (χ3v) is 6.52. The van der Waals surface area contributed by atoms with Crippen LogP contribution in [0.1, 0.15) is 25.0 Å². The van der Waals surface area contributed by atoms with E-state index in [4.69, 9.17) is 4.74 Å². The van der Waals surface area contributed by atoms with E-state index in [-0.39, 0.29) is 29.9 Å². The monoisotopic (exact) mass is 433 g/mol. The number of nitrogens with one attached hydrogen (secondary N) is 2. The number of rotatable bonds is 9. The number of hydrogen-bond acceptors (Lipinski definition) is 6. The summed E-state index contributed by atoms with van der Waals surface area (Å²) in [5, 5.41) is 12.5. The van der Waals surface area contributed by atoms with Gasteiger partial charge in [-0.15, -0.1) is 0 Å². The molecular weight excluding hydrogens is 406 g/mol. The van der Waals surface area contributed by atoms with Gasteiger partial charge in [-0.05, 0) is 43.5 Å². The number of aliphatic hydroxyl groups excluding tert-OH is 1. The standard InChI is InChI=1S/C21H27N3O5S/c25-15-20-19(24-30(27,28)18-7-2-1-3-8-18)10-9-17(29-20)11-13-23-21(26)14-16-6-4-5-12-22-16/h1-8,12,17,19-20,24-25H,9-11,13-15H2,(H,23,26)/t17-,19+,20-/m1/s1. The van der Waals surface area contributed by atoms with Gasteiger partial charge in [0.05, 0.1) is 36.2 Å². The predicted molar refractivity (Wildman–Crippen MR) is 111 cm³/mol. The third-order valence-electron chi connectivity index (χ3n) is 5.01. The Hall–Kier alpha value is -2.33. The van der Waals surface area contributed by atoms with Crippen LogP contribution in [0.4, 0.5) is 0 Å². The lowest BCUT2D eigenvalue weighted by molar-refractivity contribution is -0.121. The second-order valence-corrected chi connectivity index (χ2v) is 8.95. The van der Waals surface area contributed by atoms with Crippen molar-refractivity contribution in [1.29, 1.82) is 0 Å². The Bertz CT molecular complexity index is 909. The van der Waals surface area contributed by atoms with Crippen LogP contribution in [-0.2, 0) is 26.0 Å². The number of nitrogens with zero attached hydrogens (tertiary/aromatic N) is 1. The Morgan fingerprint density at radius 2 is 1.90 bits per heavy atom. The zero-order valence-corrected chi connectivity index (χ0v) is 17.4. The molecule has 162 valence electrons. The number of hydrogen-bond donors (Lipinski definition) is 3. The number of aliphatic hydroxyl groups is 1. The van der Waals surface area contributed by atoms with Crippen LogP contribution in [0, 0.1) is 0 Å². The van der Waals surface area contributed by atoms with Crippen molar-refractivity contribution in [3.63, 3.8) is 0 Å². The van der Waals surface area contributed by atoms with Gasteiger partial charge in [0.2, 0.25) is 15.9 Å². The minimum atomic E-state index is -3.68. The number of carbonyl (C=O) groups excluding carboxylic acids is 1. The molecule has 1 amide bonds. The van der Waals surface area contributed by atoms with Gasteiger partial charge < -0.3 is 15.2 Å². The van der Waals surface area contributed by atoms with E-state index >= 15 is 0 Å². The lowest BCUT2D eigenvalue weighted by Crippen LogP contribution is -2.51. The van der Waals surface area contributed by atoms with E-state index in [1.54, 1.807) is 36.5 Å². The van der Waals surface area contributed by atoms with Gasteiger partial charge in [0.15, 0.2) is 0 Å². The molecule has 30 heavy (non-hydrogen) atoms. The van der Waals surface area contributed by atoms with Gasteiger partial charge in [-0.25, -0.2) is 13.1 Å². The first-order valence-electron chi connectivity index (χ1n) is 9.98. The quantitative estimate of drug-likeness (QED) is 0.543. The molecule has 1 fully saturated rings. The fourth-order valence-corrected chi connectivity index (χ4v) is 4.77. The van der Waals surface area contributed by atoms with Crippen LogP contribution in [0.2, 0.25) is 0 Å². The van der Waals surface area contributed by atoms with Gasteiger partial charge in [-0.3, -0.25) is 9.78 Å². The highest BCUT2D eigenvalue weighted by Gasteiger charge is 2.33. The molecule has 3 rings (SSSR count). The molecule has 0 saturated carbocycles. The number of carbonyl (C=O) groups is 1. The summed E-state index contributed by atoms with van der Waals surface area (Å²) < 4.78 is 33.6. The average Bonchev–Trinajstić information content (AvgIpc) is 2.76. The van der Waals surface area contributed by atoms with Gasteiger partial charge >= 0.3 is 0 Å². The van der Waals surface area contributed by atoms with E-state index in [2.05, 4.69) is 15.0 Å². The normalized spacial score (nSPS) is 21.8. The smallest absolute Gasteiger partial charge is 0.240 e. The molecule has 1 aliphatic heterocycles. The molecule has 3 N–H and O–H groups in total. The lowest BCUT2D eigenvalue weighted by Gasteiger charge is -2.36. The molecule has 2 heterocycles. The predicted octanol–water partition coefficient (Wildman–Crippen LogP) is 1.02. The van der Waals surface area contributed by atoms with Gasteiger partial charge in [-0.2, -0.15) is 0 Å². The molecule has 0 unspecified atom stereocenters. The van der Waals surface area contributed by atoms with Crippen molar-refractivity contribution in [2.75, 3.05) is 13.2 Å². The summed E-state index contributed by atoms with van der Waals surface area (Å²) in [5.41, 5.74) is 0.706. The Labute approximate surface area is 176 Å². The van der Waals surface area contributed by atoms with Gasteiger partial charge in [0.1, 0.15) is 0 Å². The topological polar surface area (TPSA) is 118 Å². The summed E-state index contributed by atoms with van der Waals surface area (Å²) in [6.45, 7) is 0.152. The van der Waals surface area contributed by atoms with Crippen LogP contribution in [0.5, 0.6) is 0 Å². The Morgan fingerprint density at radius 3 is 2.60 bits per heavy atom. The van der Waals surface area contributed by atoms with E-state index in [1.165, 1.54) is 12.1 Å². The van der Waals surface area contributed by atoms with Crippen molar-refractivity contribution in [3.05, 3.63) is 60.4 Å². The van der Waals surface area contributed by atoms with Crippen molar-refractivity contribution in [1.82, 2.24) is 15.0 Å². The molecule has 1 saturated heterocycles. The molecule has 1 aliphatic rings. The highest BCUT2D eigenvalue weighted by atomic mass is 32.2. The summed E-state index contributed by atoms with van der Waals surface area (Å²) in [6, 6.07) is 13.0. The van der Waals surface area contributed by atoms with Crippen LogP contribution >= 0.6 is 0 Å². The molecule has 0 spiro atoms. The molecule has 1 aromatic heterocycles. The molecule has 0 radical (unpaired) electrons. The number of amides is 1. The van der Waals surface area contributed by atoms with Crippen molar-refractivity contribution >= 4 is 15.9 Å². The third kappa shape index (κ3) is 6.33. The summed E-state index contributed by atoms with van der Waals surface area (Å²) in [5.74, 6) is -0.114. The molecule has 0 aliphatic carbocycles. The fourth-order valence-electron chi connectivity index (χ4n) is 3.45. The maximum atomic E-state index is 12.5. The number of sulfonamides is 1. The van der Waals surface area contributed by atoms with Gasteiger partial charge in [0, 0.05) is 18.4 Å². The summed E-state index contributed by atoms with van der Waals surface area (Å²) >= 11 is 0. The van der Waals surface area contributed by atoms with Crippen LogP contribution in [-0.4, -0.2) is 55.8 Å². The number of ether oxygens (including phenoxy) is 1. The Kier molecular flexibility index (Phi) is 7.92. The molecule has 2 aromatic rings. The molecule has 0 bridgehead atoms. The van der Waals surface area contributed by atoms with Crippen LogP contribution in [0.15, 0.2) is 59.6 Å². The Balaban J connectivity index is 1.45. The molecule has 3 atom stereocenters. The highest BCUT2D eigenvalue weighted by Crippen LogP contribution is 2.23. The van der Waals surface area contributed by atoms with E-state index in [1.807, 2.05) is 6.07 Å². The lowest BCUT2D eigenvalue weighted by atomic mass is 9.98. The molecular formula is C21H27N3O5S. The largest absolute Gasteiger partial charge is 0.394 e. The maximum absolute atomic E-state index is 12.5. The first-order valence-corrected chi connectivity index (χ1v) is 11.5. The fraction of sp³-hybridized carbons (Fsp3) is 0.429. The minimum Gasteiger partial charge on any atom is -0.394 e.